The molecule has 8 rings (SSSR count). The average molecular weight is 738 g/mol. The first-order valence-corrected chi connectivity index (χ1v) is 19.1. The lowest BCUT2D eigenvalue weighted by Crippen LogP contribution is -2.65. The van der Waals surface area contributed by atoms with E-state index in [9.17, 15) is 0 Å². The summed E-state index contributed by atoms with van der Waals surface area (Å²) in [5, 5.41) is 15.2. The van der Waals surface area contributed by atoms with Crippen LogP contribution in [0.2, 0.25) is 10.0 Å². The van der Waals surface area contributed by atoms with Gasteiger partial charge in [-0.05, 0) is 39.5 Å². The van der Waals surface area contributed by atoms with Gasteiger partial charge in [-0.3, -0.25) is 19.8 Å². The molecule has 4 N–H and O–H groups in total. The van der Waals surface area contributed by atoms with E-state index in [1.54, 1.807) is 0 Å². The normalized spacial score (nSPS) is 19.0. The third-order valence-electron chi connectivity index (χ3n) is 10.8. The number of benzene rings is 2. The molecule has 52 heavy (non-hydrogen) atoms. The molecule has 2 aromatic carbocycles. The maximum Gasteiger partial charge on any atom is 0.149 e. The Morgan fingerprint density at radius 2 is 1.08 bits per heavy atom. The zero-order valence-electron chi connectivity index (χ0n) is 30.0. The number of aromatic nitrogens is 4. The number of hydrogen-bond donors (Lipinski definition) is 4. The molecular weight excluding hydrogens is 691 g/mol. The van der Waals surface area contributed by atoms with Crippen molar-refractivity contribution in [3.8, 4) is 33.6 Å². The molecule has 4 aliphatic rings. The van der Waals surface area contributed by atoms with Crippen molar-refractivity contribution in [2.45, 2.75) is 63.7 Å². The fourth-order valence-electron chi connectivity index (χ4n) is 8.33. The van der Waals surface area contributed by atoms with E-state index in [0.717, 1.165) is 135 Å². The molecule has 10 nitrogen and oxygen atoms in total. The van der Waals surface area contributed by atoms with Crippen molar-refractivity contribution >= 4 is 34.8 Å². The number of nitrogens with one attached hydrogen (secondary N) is 4. The van der Waals surface area contributed by atoms with E-state index in [1.807, 2.05) is 48.8 Å². The summed E-state index contributed by atoms with van der Waals surface area (Å²) < 4.78 is 0. The van der Waals surface area contributed by atoms with Gasteiger partial charge in [0, 0.05) is 86.0 Å². The van der Waals surface area contributed by atoms with Crippen LogP contribution >= 0.6 is 23.2 Å². The van der Waals surface area contributed by atoms with Gasteiger partial charge < -0.3 is 21.3 Å². The van der Waals surface area contributed by atoms with Gasteiger partial charge in [-0.1, -0.05) is 72.8 Å². The first kappa shape index (κ1) is 34.8. The Labute approximate surface area is 316 Å². The molecule has 4 saturated heterocycles. The largest absolute Gasteiger partial charge is 0.381 e. The summed E-state index contributed by atoms with van der Waals surface area (Å²) in [5.41, 5.74) is 9.08. The van der Waals surface area contributed by atoms with Gasteiger partial charge in [0.1, 0.15) is 11.6 Å². The second-order valence-electron chi connectivity index (χ2n) is 14.8. The van der Waals surface area contributed by atoms with Crippen LogP contribution < -0.4 is 21.3 Å². The Bertz CT molecular complexity index is 1890. The van der Waals surface area contributed by atoms with E-state index in [4.69, 9.17) is 43.1 Å². The fraction of sp³-hybridized carbons (Fsp3) is 0.400. The summed E-state index contributed by atoms with van der Waals surface area (Å²) in [6, 6.07) is 11.9. The van der Waals surface area contributed by atoms with Gasteiger partial charge in [0.25, 0.3) is 0 Å². The lowest BCUT2D eigenvalue weighted by molar-refractivity contribution is 0.0498. The molecule has 270 valence electrons. The number of rotatable bonds is 11. The Balaban J connectivity index is 1.03. The van der Waals surface area contributed by atoms with E-state index >= 15 is 0 Å². The zero-order valence-corrected chi connectivity index (χ0v) is 31.5. The molecule has 2 spiro atoms. The average Bonchev–Trinajstić information content (AvgIpc) is 3.69. The summed E-state index contributed by atoms with van der Waals surface area (Å²) in [6.45, 7) is 19.2. The second-order valence-corrected chi connectivity index (χ2v) is 15.6. The number of anilines is 2. The van der Waals surface area contributed by atoms with Crippen molar-refractivity contribution in [2.24, 2.45) is 0 Å². The van der Waals surface area contributed by atoms with Crippen molar-refractivity contribution in [3.63, 3.8) is 0 Å². The highest BCUT2D eigenvalue weighted by atomic mass is 35.5. The zero-order chi connectivity index (χ0) is 36.0. The highest BCUT2D eigenvalue weighted by Crippen LogP contribution is 2.43. The minimum atomic E-state index is 0.168. The lowest BCUT2D eigenvalue weighted by Gasteiger charge is -2.48. The third kappa shape index (κ3) is 6.62. The van der Waals surface area contributed by atoms with Crippen molar-refractivity contribution in [1.82, 2.24) is 40.4 Å². The highest BCUT2D eigenvalue weighted by Gasteiger charge is 2.47. The molecule has 12 heteroatoms. The van der Waals surface area contributed by atoms with Crippen molar-refractivity contribution < 1.29 is 0 Å². The monoisotopic (exact) mass is 736 g/mol. The van der Waals surface area contributed by atoms with Crippen LogP contribution in [-0.2, 0) is 13.1 Å². The molecule has 0 radical (unpaired) electrons. The molecule has 0 saturated carbocycles. The first-order valence-electron chi connectivity index (χ1n) is 18.3. The Kier molecular flexibility index (Phi) is 9.36. The quantitative estimate of drug-likeness (QED) is 0.125. The smallest absolute Gasteiger partial charge is 0.149 e. The van der Waals surface area contributed by atoms with Gasteiger partial charge in [-0.2, -0.15) is 0 Å². The van der Waals surface area contributed by atoms with Gasteiger partial charge in [-0.25, -0.2) is 9.97 Å². The Hall–Kier alpha value is -4.22. The molecule has 0 atom stereocenters. The molecule has 4 fully saturated rings. The number of halogens is 2. The summed E-state index contributed by atoms with van der Waals surface area (Å²) in [4.78, 5) is 24.7. The molecule has 0 bridgehead atoms. The van der Waals surface area contributed by atoms with Crippen LogP contribution in [0.4, 0.5) is 11.6 Å². The molecule has 4 aromatic rings. The van der Waals surface area contributed by atoms with E-state index in [1.165, 1.54) is 0 Å². The van der Waals surface area contributed by atoms with E-state index in [0.29, 0.717) is 21.4 Å². The maximum atomic E-state index is 7.20. The Morgan fingerprint density at radius 1 is 0.673 bits per heavy atom. The van der Waals surface area contributed by atoms with Crippen LogP contribution in [-0.4, -0.2) is 80.1 Å². The van der Waals surface area contributed by atoms with Crippen molar-refractivity contribution in [3.05, 3.63) is 94.8 Å². The third-order valence-corrected chi connectivity index (χ3v) is 11.6. The van der Waals surface area contributed by atoms with Crippen LogP contribution in [0.1, 0.15) is 50.9 Å². The number of nitrogens with zero attached hydrogens (tertiary/aromatic N) is 6. The Morgan fingerprint density at radius 3 is 1.44 bits per heavy atom. The van der Waals surface area contributed by atoms with E-state index < -0.39 is 0 Å². The number of hydrogen-bond acceptors (Lipinski definition) is 10. The minimum Gasteiger partial charge on any atom is -0.381 e. The fourth-order valence-corrected chi connectivity index (χ4v) is 8.98. The van der Waals surface area contributed by atoms with Crippen molar-refractivity contribution in [2.75, 3.05) is 49.9 Å². The first-order chi connectivity index (χ1) is 25.2. The molecule has 4 aliphatic heterocycles. The number of allylic oxidation sites excluding steroid dienone is 2. The standard InChI is InChI=1S/C40H46Cl2N10/c1-5-43-37-33(19-51-21-39(22-51)15-13-25(3)49-39)45-17-31(47-37)29-11-7-9-27(35(29)41)28-10-8-12-30(36(28)42)32-18-46-34(38(48-32)44-6-2)20-52-23-40(24-52)16-14-26(4)50-40/h7-12,17-18,49-50H,3-6,13-16,19-24H2,1-2H3,(H,43,47)(H,44,48). The molecule has 0 amide bonds. The van der Waals surface area contributed by atoms with Gasteiger partial charge in [0.05, 0.1) is 56.3 Å². The number of likely N-dealkylation sites (tertiary alicyclic amines) is 2. The molecule has 2 aromatic heterocycles. The van der Waals surface area contributed by atoms with Crippen LogP contribution in [0.15, 0.2) is 73.3 Å². The highest BCUT2D eigenvalue weighted by molar-refractivity contribution is 6.39. The molecule has 0 aliphatic carbocycles. The van der Waals surface area contributed by atoms with Crippen molar-refractivity contribution in [1.29, 1.82) is 0 Å². The van der Waals surface area contributed by atoms with Gasteiger partial charge >= 0.3 is 0 Å². The summed E-state index contributed by atoms with van der Waals surface area (Å²) in [7, 11) is 0. The SMILES string of the molecule is C=C1CCC2(CN(Cc3ncc(-c4cccc(-c5cccc(-c6cnc(CN7CC8(CCC(=C)N8)C7)c(NCC)n6)c5Cl)c4Cl)nc3NCC)C2)N1. The van der Waals surface area contributed by atoms with Gasteiger partial charge in [0.15, 0.2) is 0 Å². The maximum absolute atomic E-state index is 7.20. The van der Waals surface area contributed by atoms with E-state index in [2.05, 4.69) is 58.1 Å². The lowest BCUT2D eigenvalue weighted by atomic mass is 9.88. The molecule has 0 unspecified atom stereocenters. The van der Waals surface area contributed by atoms with Crippen LogP contribution in [0.5, 0.6) is 0 Å². The molecule has 6 heterocycles. The van der Waals surface area contributed by atoms with E-state index in [-0.39, 0.29) is 11.1 Å². The van der Waals surface area contributed by atoms with Gasteiger partial charge in [-0.15, -0.1) is 0 Å². The topological polar surface area (TPSA) is 106 Å². The van der Waals surface area contributed by atoms with Crippen LogP contribution in [0.25, 0.3) is 33.6 Å². The predicted molar refractivity (Wildman–Crippen MR) is 211 cm³/mol. The molecular formula is C40H46Cl2N10. The van der Waals surface area contributed by atoms with Crippen LogP contribution in [0, 0.1) is 0 Å². The van der Waals surface area contributed by atoms with Crippen LogP contribution in [0.3, 0.4) is 0 Å². The second kappa shape index (κ2) is 14.0. The summed E-state index contributed by atoms with van der Waals surface area (Å²) in [6.07, 6.45) is 8.03. The minimum absolute atomic E-state index is 0.168. The summed E-state index contributed by atoms with van der Waals surface area (Å²) >= 11 is 14.4. The summed E-state index contributed by atoms with van der Waals surface area (Å²) in [5.74, 6) is 1.55. The predicted octanol–water partition coefficient (Wildman–Crippen LogP) is 7.34. The van der Waals surface area contributed by atoms with Gasteiger partial charge in [0.2, 0.25) is 0 Å².